The molecule has 0 fully saturated rings. The van der Waals surface area contributed by atoms with Gasteiger partial charge in [-0.1, -0.05) is 0 Å². The maximum absolute atomic E-state index is 4.61. The van der Waals surface area contributed by atoms with E-state index in [1.54, 1.807) is 0 Å². The Morgan fingerprint density at radius 3 is 3.00 bits per heavy atom. The van der Waals surface area contributed by atoms with Gasteiger partial charge in [0.15, 0.2) is 0 Å². The van der Waals surface area contributed by atoms with Gasteiger partial charge in [0.25, 0.3) is 0 Å². The first-order valence-electron chi connectivity index (χ1n) is 7.90. The highest BCUT2D eigenvalue weighted by atomic mass is 15.1. The summed E-state index contributed by atoms with van der Waals surface area (Å²) in [4.78, 5) is 11.5. The van der Waals surface area contributed by atoms with Crippen LogP contribution in [0.1, 0.15) is 22.4 Å². The number of likely N-dealkylation sites (N-methyl/N-ethyl adjacent to an activating group) is 1. The summed E-state index contributed by atoms with van der Waals surface area (Å²) in [6.45, 7) is 4.04. The van der Waals surface area contributed by atoms with E-state index in [1.165, 1.54) is 22.4 Å². The SMILES string of the molecule is CN1CCc2ncc(Nc3cc4c(cn3)CCNC4)cc2C1. The first-order valence-corrected chi connectivity index (χ1v) is 7.90. The van der Waals surface area contributed by atoms with Crippen LogP contribution in [0, 0.1) is 0 Å². The summed E-state index contributed by atoms with van der Waals surface area (Å²) in [5.74, 6) is 0.897. The second-order valence-corrected chi connectivity index (χ2v) is 6.21. The van der Waals surface area contributed by atoms with Crippen molar-refractivity contribution in [1.29, 1.82) is 0 Å². The minimum atomic E-state index is 0.897. The molecular formula is C17H21N5. The van der Waals surface area contributed by atoms with Crippen molar-refractivity contribution in [3.8, 4) is 0 Å². The number of fused-ring (bicyclic) bond motifs is 2. The van der Waals surface area contributed by atoms with Crippen molar-refractivity contribution in [2.24, 2.45) is 0 Å². The fourth-order valence-electron chi connectivity index (χ4n) is 3.21. The molecule has 2 aliphatic rings. The number of anilines is 2. The molecule has 0 radical (unpaired) electrons. The first kappa shape index (κ1) is 13.7. The van der Waals surface area contributed by atoms with E-state index >= 15 is 0 Å². The van der Waals surface area contributed by atoms with Crippen molar-refractivity contribution in [2.75, 3.05) is 25.5 Å². The molecule has 0 bridgehead atoms. The Kier molecular flexibility index (Phi) is 3.52. The summed E-state index contributed by atoms with van der Waals surface area (Å²) >= 11 is 0. The predicted molar refractivity (Wildman–Crippen MR) is 87.2 cm³/mol. The van der Waals surface area contributed by atoms with Crippen LogP contribution in [0.25, 0.3) is 0 Å². The van der Waals surface area contributed by atoms with Gasteiger partial charge in [-0.25, -0.2) is 4.98 Å². The molecule has 2 aliphatic heterocycles. The fraction of sp³-hybridized carbons (Fsp3) is 0.412. The molecule has 0 atom stereocenters. The van der Waals surface area contributed by atoms with E-state index in [2.05, 4.69) is 44.7 Å². The largest absolute Gasteiger partial charge is 0.339 e. The summed E-state index contributed by atoms with van der Waals surface area (Å²) in [7, 11) is 2.15. The van der Waals surface area contributed by atoms with E-state index in [0.717, 1.165) is 50.5 Å². The molecule has 2 aromatic rings. The summed E-state index contributed by atoms with van der Waals surface area (Å²) in [5, 5.41) is 6.80. The minimum Gasteiger partial charge on any atom is -0.339 e. The summed E-state index contributed by atoms with van der Waals surface area (Å²) in [6, 6.07) is 4.35. The molecule has 4 heterocycles. The molecule has 2 aromatic heterocycles. The number of rotatable bonds is 2. The third-order valence-corrected chi connectivity index (χ3v) is 4.47. The van der Waals surface area contributed by atoms with Gasteiger partial charge in [-0.15, -0.1) is 0 Å². The van der Waals surface area contributed by atoms with E-state index in [0.29, 0.717) is 0 Å². The Bertz CT molecular complexity index is 697. The molecule has 0 unspecified atom stereocenters. The number of nitrogens with zero attached hydrogens (tertiary/aromatic N) is 3. The molecule has 5 heteroatoms. The summed E-state index contributed by atoms with van der Waals surface area (Å²) < 4.78 is 0. The van der Waals surface area contributed by atoms with Crippen molar-refractivity contribution in [1.82, 2.24) is 20.2 Å². The maximum atomic E-state index is 4.61. The highest BCUT2D eigenvalue weighted by molar-refractivity contribution is 5.57. The van der Waals surface area contributed by atoms with Crippen LogP contribution in [-0.2, 0) is 25.9 Å². The second-order valence-electron chi connectivity index (χ2n) is 6.21. The lowest BCUT2D eigenvalue weighted by molar-refractivity contribution is 0.310. The third kappa shape index (κ3) is 2.69. The van der Waals surface area contributed by atoms with E-state index in [-0.39, 0.29) is 0 Å². The number of nitrogens with one attached hydrogen (secondary N) is 2. The van der Waals surface area contributed by atoms with Crippen molar-refractivity contribution in [3.05, 3.63) is 46.9 Å². The predicted octanol–water partition coefficient (Wildman–Crippen LogP) is 1.85. The Morgan fingerprint density at radius 2 is 2.05 bits per heavy atom. The fourth-order valence-corrected chi connectivity index (χ4v) is 3.21. The van der Waals surface area contributed by atoms with E-state index in [9.17, 15) is 0 Å². The lowest BCUT2D eigenvalue weighted by atomic mass is 10.0. The maximum Gasteiger partial charge on any atom is 0.130 e. The molecule has 114 valence electrons. The molecule has 4 rings (SSSR count). The molecule has 5 nitrogen and oxygen atoms in total. The Hall–Kier alpha value is -1.98. The zero-order chi connectivity index (χ0) is 14.9. The number of hydrogen-bond acceptors (Lipinski definition) is 5. The van der Waals surface area contributed by atoms with Gasteiger partial charge in [-0.2, -0.15) is 0 Å². The van der Waals surface area contributed by atoms with Crippen LogP contribution < -0.4 is 10.6 Å². The molecule has 22 heavy (non-hydrogen) atoms. The van der Waals surface area contributed by atoms with Crippen LogP contribution in [0.2, 0.25) is 0 Å². The second kappa shape index (κ2) is 5.66. The lowest BCUT2D eigenvalue weighted by Gasteiger charge is -2.24. The highest BCUT2D eigenvalue weighted by Crippen LogP contribution is 2.23. The normalized spacial score (nSPS) is 17.7. The van der Waals surface area contributed by atoms with Crippen molar-refractivity contribution in [3.63, 3.8) is 0 Å². The first-order chi connectivity index (χ1) is 10.8. The monoisotopic (exact) mass is 295 g/mol. The van der Waals surface area contributed by atoms with Gasteiger partial charge in [0.1, 0.15) is 5.82 Å². The van der Waals surface area contributed by atoms with Crippen LogP contribution in [0.5, 0.6) is 0 Å². The molecule has 0 saturated carbocycles. The van der Waals surface area contributed by atoms with Crippen molar-refractivity contribution >= 4 is 11.5 Å². The van der Waals surface area contributed by atoms with Crippen LogP contribution in [0.3, 0.4) is 0 Å². The Morgan fingerprint density at radius 1 is 1.09 bits per heavy atom. The van der Waals surface area contributed by atoms with E-state index in [1.807, 2.05) is 12.4 Å². The molecule has 0 aromatic carbocycles. The molecular weight excluding hydrogens is 274 g/mol. The quantitative estimate of drug-likeness (QED) is 0.885. The van der Waals surface area contributed by atoms with Crippen LogP contribution in [0.4, 0.5) is 11.5 Å². The highest BCUT2D eigenvalue weighted by Gasteiger charge is 2.15. The number of aromatic nitrogens is 2. The summed E-state index contributed by atoms with van der Waals surface area (Å²) in [6.07, 6.45) is 6.02. The molecule has 0 spiro atoms. The number of hydrogen-bond donors (Lipinski definition) is 2. The zero-order valence-corrected chi connectivity index (χ0v) is 12.9. The standard InChI is InChI=1S/C17H21N5/c1-22-5-3-16-14(11-22)6-15(10-19-16)21-17-7-13-8-18-4-2-12(13)9-20-17/h6-7,9-10,18H,2-5,8,11H2,1H3,(H,20,21). The molecule has 0 aliphatic carbocycles. The Balaban J connectivity index is 1.57. The van der Waals surface area contributed by atoms with Gasteiger partial charge < -0.3 is 15.5 Å². The van der Waals surface area contributed by atoms with E-state index < -0.39 is 0 Å². The average Bonchev–Trinajstić information content (AvgIpc) is 2.54. The topological polar surface area (TPSA) is 53.1 Å². The Labute approximate surface area is 130 Å². The van der Waals surface area contributed by atoms with Gasteiger partial charge in [0, 0.05) is 37.9 Å². The zero-order valence-electron chi connectivity index (χ0n) is 12.9. The third-order valence-electron chi connectivity index (χ3n) is 4.47. The van der Waals surface area contributed by atoms with Crippen LogP contribution >= 0.6 is 0 Å². The van der Waals surface area contributed by atoms with Crippen molar-refractivity contribution < 1.29 is 0 Å². The number of pyridine rings is 2. The van der Waals surface area contributed by atoms with E-state index in [4.69, 9.17) is 0 Å². The van der Waals surface area contributed by atoms with Gasteiger partial charge in [0.05, 0.1) is 11.9 Å². The van der Waals surface area contributed by atoms with Gasteiger partial charge in [-0.05, 0) is 48.8 Å². The molecule has 2 N–H and O–H groups in total. The van der Waals surface area contributed by atoms with Gasteiger partial charge in [-0.3, -0.25) is 4.98 Å². The molecule has 0 amide bonds. The lowest BCUT2D eigenvalue weighted by Crippen LogP contribution is -2.27. The van der Waals surface area contributed by atoms with Crippen molar-refractivity contribution in [2.45, 2.75) is 25.9 Å². The molecule has 0 saturated heterocycles. The minimum absolute atomic E-state index is 0.897. The van der Waals surface area contributed by atoms with Crippen LogP contribution in [-0.4, -0.2) is 35.0 Å². The smallest absolute Gasteiger partial charge is 0.130 e. The summed E-state index contributed by atoms with van der Waals surface area (Å²) in [5.41, 5.74) is 6.26. The van der Waals surface area contributed by atoms with Gasteiger partial charge >= 0.3 is 0 Å². The average molecular weight is 295 g/mol. The van der Waals surface area contributed by atoms with Crippen LogP contribution in [0.15, 0.2) is 24.5 Å². The van der Waals surface area contributed by atoms with Gasteiger partial charge in [0.2, 0.25) is 0 Å².